The first kappa shape index (κ1) is 14.5. The largest absolute Gasteiger partial charge is 0.464 e. The van der Waals surface area contributed by atoms with Gasteiger partial charge in [-0.25, -0.2) is 0 Å². The fourth-order valence-electron chi connectivity index (χ4n) is 2.01. The van der Waals surface area contributed by atoms with Gasteiger partial charge in [0.2, 0.25) is 0 Å². The fraction of sp³-hybridized carbons (Fsp3) is 0.714. The molecule has 2 unspecified atom stereocenters. The zero-order valence-electron chi connectivity index (χ0n) is 10.9. The Labute approximate surface area is 109 Å². The van der Waals surface area contributed by atoms with E-state index in [-0.39, 0.29) is 5.92 Å². The van der Waals surface area contributed by atoms with Gasteiger partial charge < -0.3 is 9.84 Å². The second kappa shape index (κ2) is 8.54. The normalized spacial score (nSPS) is 14.5. The molecule has 0 aromatic carbocycles. The monoisotopic (exact) mass is 256 g/mol. The lowest BCUT2D eigenvalue weighted by atomic mass is 9.96. The van der Waals surface area contributed by atoms with Gasteiger partial charge in [0.15, 0.2) is 6.29 Å². The molecule has 0 spiro atoms. The Hall–Kier alpha value is -0.540. The molecule has 1 N–H and O–H groups in total. The van der Waals surface area contributed by atoms with Crippen molar-refractivity contribution >= 4 is 11.3 Å². The number of ether oxygens (including phenoxy) is 1. The van der Waals surface area contributed by atoms with Crippen molar-refractivity contribution in [2.24, 2.45) is 5.92 Å². The molecule has 1 aromatic heterocycles. The van der Waals surface area contributed by atoms with Crippen molar-refractivity contribution in [3.63, 3.8) is 0 Å². The highest BCUT2D eigenvalue weighted by atomic mass is 32.1. The molecule has 0 aliphatic carbocycles. The molecule has 0 aliphatic heterocycles. The summed E-state index contributed by atoms with van der Waals surface area (Å²) in [5.74, 6) is 1.06. The maximum absolute atomic E-state index is 10.1. The summed E-state index contributed by atoms with van der Waals surface area (Å²) in [7, 11) is 0. The minimum absolute atomic E-state index is 0.270. The van der Waals surface area contributed by atoms with E-state index >= 15 is 0 Å². The molecule has 1 aromatic rings. The zero-order valence-corrected chi connectivity index (χ0v) is 11.7. The quantitative estimate of drug-likeness (QED) is 0.523. The second-order valence-corrected chi connectivity index (χ2v) is 5.29. The van der Waals surface area contributed by atoms with Crippen LogP contribution in [-0.4, -0.2) is 11.4 Å². The first-order valence-corrected chi connectivity index (χ1v) is 7.59. The minimum atomic E-state index is -0.651. The molecule has 0 saturated carbocycles. The van der Waals surface area contributed by atoms with Crippen LogP contribution >= 0.6 is 11.3 Å². The second-order valence-electron chi connectivity index (χ2n) is 4.51. The number of unbranched alkanes of at least 4 members (excludes halogenated alkanes) is 2. The van der Waals surface area contributed by atoms with Crippen LogP contribution in [0.2, 0.25) is 0 Å². The Morgan fingerprint density at radius 1 is 1.24 bits per heavy atom. The van der Waals surface area contributed by atoms with E-state index in [1.54, 1.807) is 11.3 Å². The highest BCUT2D eigenvalue weighted by Gasteiger charge is 2.19. The smallest absolute Gasteiger partial charge is 0.200 e. The molecule has 1 rings (SSSR count). The van der Waals surface area contributed by atoms with Crippen molar-refractivity contribution < 1.29 is 9.84 Å². The van der Waals surface area contributed by atoms with Gasteiger partial charge in [-0.15, -0.1) is 11.3 Å². The zero-order chi connectivity index (χ0) is 12.5. The third-order valence-corrected chi connectivity index (χ3v) is 3.65. The van der Waals surface area contributed by atoms with Gasteiger partial charge in [-0.1, -0.05) is 39.5 Å². The van der Waals surface area contributed by atoms with E-state index in [9.17, 15) is 5.11 Å². The van der Waals surface area contributed by atoms with Gasteiger partial charge in [0, 0.05) is 11.3 Å². The first-order valence-electron chi connectivity index (χ1n) is 6.64. The Kier molecular flexibility index (Phi) is 7.29. The highest BCUT2D eigenvalue weighted by molar-refractivity contribution is 7.08. The average Bonchev–Trinajstić information content (AvgIpc) is 2.81. The third kappa shape index (κ3) is 5.55. The summed E-state index contributed by atoms with van der Waals surface area (Å²) in [6.07, 6.45) is 6.20. The van der Waals surface area contributed by atoms with E-state index in [0.29, 0.717) is 0 Å². The molecule has 3 heteroatoms. The summed E-state index contributed by atoms with van der Waals surface area (Å²) in [5, 5.41) is 14.0. The molecular formula is C14H24O2S. The molecule has 0 fully saturated rings. The Morgan fingerprint density at radius 2 is 2.06 bits per heavy atom. The number of thiophene rings is 1. The van der Waals surface area contributed by atoms with E-state index in [1.807, 2.05) is 16.8 Å². The van der Waals surface area contributed by atoms with Gasteiger partial charge in [0.25, 0.3) is 0 Å². The molecule has 2 atom stereocenters. The average molecular weight is 256 g/mol. The lowest BCUT2D eigenvalue weighted by Gasteiger charge is -2.22. The molecule has 0 aliphatic rings. The molecule has 98 valence electrons. The number of aliphatic hydroxyl groups is 1. The van der Waals surface area contributed by atoms with E-state index in [0.717, 1.165) is 25.0 Å². The summed E-state index contributed by atoms with van der Waals surface area (Å²) in [6.45, 7) is 4.36. The summed E-state index contributed by atoms with van der Waals surface area (Å²) >= 11 is 1.59. The summed E-state index contributed by atoms with van der Waals surface area (Å²) in [4.78, 5) is 0. The number of hydrogen-bond donors (Lipinski definition) is 1. The van der Waals surface area contributed by atoms with Crippen LogP contribution in [0.1, 0.15) is 52.4 Å². The molecule has 0 saturated heterocycles. The van der Waals surface area contributed by atoms with Crippen molar-refractivity contribution in [1.29, 1.82) is 0 Å². The van der Waals surface area contributed by atoms with Crippen LogP contribution < -0.4 is 4.74 Å². The van der Waals surface area contributed by atoms with Gasteiger partial charge in [-0.3, -0.25) is 0 Å². The van der Waals surface area contributed by atoms with Crippen molar-refractivity contribution in [2.45, 2.75) is 58.7 Å². The lowest BCUT2D eigenvalue weighted by Crippen LogP contribution is -2.26. The Balaban J connectivity index is 2.39. The van der Waals surface area contributed by atoms with Crippen LogP contribution in [0.3, 0.4) is 0 Å². The highest BCUT2D eigenvalue weighted by Crippen LogP contribution is 2.24. The molecule has 17 heavy (non-hydrogen) atoms. The Bertz CT molecular complexity index is 272. The predicted octanol–water partition coefficient (Wildman–Crippen LogP) is 4.44. The minimum Gasteiger partial charge on any atom is -0.464 e. The third-order valence-electron chi connectivity index (χ3n) is 2.99. The van der Waals surface area contributed by atoms with Crippen LogP contribution in [-0.2, 0) is 0 Å². The summed E-state index contributed by atoms with van der Waals surface area (Å²) in [5.41, 5.74) is 0. The van der Waals surface area contributed by atoms with E-state index < -0.39 is 6.29 Å². The number of hydrogen-bond acceptors (Lipinski definition) is 3. The van der Waals surface area contributed by atoms with Gasteiger partial charge >= 0.3 is 0 Å². The maximum atomic E-state index is 10.1. The molecular weight excluding hydrogens is 232 g/mol. The SMILES string of the molecule is CCCCCC(CCC)C(O)Oc1ccsc1. The van der Waals surface area contributed by atoms with Crippen molar-refractivity contribution in [2.75, 3.05) is 0 Å². The molecule has 0 bridgehead atoms. The van der Waals surface area contributed by atoms with Crippen LogP contribution in [0, 0.1) is 5.92 Å². The van der Waals surface area contributed by atoms with Crippen molar-refractivity contribution in [3.8, 4) is 5.75 Å². The maximum Gasteiger partial charge on any atom is 0.200 e. The molecule has 1 heterocycles. The Morgan fingerprint density at radius 3 is 2.65 bits per heavy atom. The number of rotatable bonds is 9. The number of aliphatic hydroxyl groups excluding tert-OH is 1. The molecule has 0 radical (unpaired) electrons. The van der Waals surface area contributed by atoms with E-state index in [1.165, 1.54) is 19.3 Å². The standard InChI is InChI=1S/C14H24O2S/c1-3-5-6-8-12(7-4-2)14(15)16-13-9-10-17-11-13/h9-12,14-15H,3-8H2,1-2H3. The van der Waals surface area contributed by atoms with Gasteiger partial charge in [0.05, 0.1) is 0 Å². The van der Waals surface area contributed by atoms with Crippen molar-refractivity contribution in [1.82, 2.24) is 0 Å². The van der Waals surface area contributed by atoms with Crippen LogP contribution in [0.4, 0.5) is 0 Å². The first-order chi connectivity index (χ1) is 8.27. The van der Waals surface area contributed by atoms with Crippen LogP contribution in [0.25, 0.3) is 0 Å². The van der Waals surface area contributed by atoms with Gasteiger partial charge in [-0.2, -0.15) is 0 Å². The topological polar surface area (TPSA) is 29.5 Å². The van der Waals surface area contributed by atoms with E-state index in [4.69, 9.17) is 4.74 Å². The molecule has 2 nitrogen and oxygen atoms in total. The molecule has 0 amide bonds. The summed E-state index contributed by atoms with van der Waals surface area (Å²) in [6, 6.07) is 1.91. The van der Waals surface area contributed by atoms with Gasteiger partial charge in [0.1, 0.15) is 5.75 Å². The predicted molar refractivity (Wildman–Crippen MR) is 73.5 cm³/mol. The van der Waals surface area contributed by atoms with Crippen LogP contribution in [0.5, 0.6) is 5.75 Å². The fourth-order valence-corrected chi connectivity index (χ4v) is 2.57. The van der Waals surface area contributed by atoms with Crippen LogP contribution in [0.15, 0.2) is 16.8 Å². The lowest BCUT2D eigenvalue weighted by molar-refractivity contribution is -0.0676. The van der Waals surface area contributed by atoms with E-state index in [2.05, 4.69) is 13.8 Å². The van der Waals surface area contributed by atoms with Crippen molar-refractivity contribution in [3.05, 3.63) is 16.8 Å². The van der Waals surface area contributed by atoms with Gasteiger partial charge in [-0.05, 0) is 24.3 Å². The summed E-state index contributed by atoms with van der Waals surface area (Å²) < 4.78 is 5.57.